The number of hydrazine groups is 1. The van der Waals surface area contributed by atoms with Gasteiger partial charge < -0.3 is 14.8 Å². The van der Waals surface area contributed by atoms with Gasteiger partial charge in [-0.05, 0) is 42.0 Å². The van der Waals surface area contributed by atoms with Gasteiger partial charge in [0.1, 0.15) is 17.3 Å². The van der Waals surface area contributed by atoms with Crippen LogP contribution >= 0.6 is 37.2 Å². The van der Waals surface area contributed by atoms with Gasteiger partial charge in [-0.2, -0.15) is 26.3 Å². The number of fused-ring (bicyclic) bond motifs is 1. The summed E-state index contributed by atoms with van der Waals surface area (Å²) in [6, 6.07) is 13.7. The number of carbonyl (C=O) groups excluding carboxylic acids is 2. The van der Waals surface area contributed by atoms with E-state index in [1.165, 1.54) is 4.90 Å². The Morgan fingerprint density at radius 1 is 0.840 bits per heavy atom. The maximum Gasteiger partial charge on any atom is 0.416 e. The minimum Gasteiger partial charge on any atom is -0.361 e. The summed E-state index contributed by atoms with van der Waals surface area (Å²) in [4.78, 5) is 37.5. The number of pyridine rings is 1. The van der Waals surface area contributed by atoms with Crippen molar-refractivity contribution < 1.29 is 35.9 Å². The van der Waals surface area contributed by atoms with E-state index in [0.717, 1.165) is 22.9 Å². The summed E-state index contributed by atoms with van der Waals surface area (Å²) in [5.41, 5.74) is -4.35. The van der Waals surface area contributed by atoms with Gasteiger partial charge in [-0.15, -0.1) is 37.2 Å². The van der Waals surface area contributed by atoms with Crippen molar-refractivity contribution in [2.24, 2.45) is 0 Å². The molecule has 2 aliphatic heterocycles. The van der Waals surface area contributed by atoms with Gasteiger partial charge in [-0.1, -0.05) is 24.3 Å². The zero-order chi connectivity index (χ0) is 33.4. The van der Waals surface area contributed by atoms with Gasteiger partial charge in [0.15, 0.2) is 5.78 Å². The number of aromatic amines is 1. The van der Waals surface area contributed by atoms with Crippen LogP contribution in [-0.4, -0.2) is 88.0 Å². The van der Waals surface area contributed by atoms with Crippen LogP contribution in [0.1, 0.15) is 27.0 Å². The topological polar surface area (TPSA) is 75.8 Å². The smallest absolute Gasteiger partial charge is 0.361 e. The molecule has 1 unspecified atom stereocenters. The van der Waals surface area contributed by atoms with Crippen LogP contribution in [0, 0.1) is 0 Å². The molecule has 0 spiro atoms. The monoisotopic (exact) mass is 764 g/mol. The van der Waals surface area contributed by atoms with Gasteiger partial charge in [0, 0.05) is 81.1 Å². The van der Waals surface area contributed by atoms with E-state index in [0.29, 0.717) is 50.4 Å². The third-order valence-corrected chi connectivity index (χ3v) is 8.86. The molecule has 0 amide bonds. The van der Waals surface area contributed by atoms with Crippen molar-refractivity contribution in [2.75, 3.05) is 50.7 Å². The van der Waals surface area contributed by atoms with E-state index in [1.807, 2.05) is 40.3 Å². The summed E-state index contributed by atoms with van der Waals surface area (Å²) in [7, 11) is 0. The first kappa shape index (κ1) is 40.6. The van der Waals surface area contributed by atoms with Crippen molar-refractivity contribution in [3.05, 3.63) is 102 Å². The number of anilines is 1. The molecule has 4 heterocycles. The standard InChI is InChI=1S/C33H30F6N6O2.3ClH/c34-32(35,36)25-17-23(18-26(19-25)33(37,38)39)30(47)31(20-24-21-41-28-6-2-1-5-27(24)28)22-45(14-11-43(31)15-16-46)44-12-9-42(10-13-44)29-7-3-4-8-40-29;;;/h1-8,15,17-19,21,41H,9-14,20,22H2;3*1H. The number of para-hydroxylation sites is 1. The van der Waals surface area contributed by atoms with Gasteiger partial charge in [0.2, 0.25) is 0 Å². The van der Waals surface area contributed by atoms with Crippen LogP contribution in [0.15, 0.2) is 79.3 Å². The van der Waals surface area contributed by atoms with Gasteiger partial charge in [0.25, 0.3) is 0 Å². The zero-order valence-electron chi connectivity index (χ0n) is 26.2. The molecular formula is C33H33Cl3F6N6O2. The molecule has 4 aromatic rings. The van der Waals surface area contributed by atoms with Gasteiger partial charge in [0.05, 0.1) is 17.3 Å². The van der Waals surface area contributed by atoms with Crippen LogP contribution < -0.4 is 4.90 Å². The highest BCUT2D eigenvalue weighted by molar-refractivity contribution is 6.04. The van der Waals surface area contributed by atoms with E-state index in [9.17, 15) is 35.9 Å². The number of ketones is 1. The Morgan fingerprint density at radius 3 is 2.06 bits per heavy atom. The van der Waals surface area contributed by atoms with Crippen LogP contribution in [-0.2, 0) is 23.6 Å². The Hall–Kier alpha value is -3.78. The highest BCUT2D eigenvalue weighted by Gasteiger charge is 2.50. The second kappa shape index (κ2) is 16.1. The number of hydrogen-bond donors (Lipinski definition) is 1. The summed E-state index contributed by atoms with van der Waals surface area (Å²) >= 11 is 0. The Morgan fingerprint density at radius 2 is 1.46 bits per heavy atom. The fourth-order valence-corrected chi connectivity index (χ4v) is 6.54. The quantitative estimate of drug-likeness (QED) is 0.127. The third kappa shape index (κ3) is 8.22. The molecule has 0 aliphatic carbocycles. The second-order valence-electron chi connectivity index (χ2n) is 11.6. The van der Waals surface area contributed by atoms with Crippen LogP contribution in [0.4, 0.5) is 32.2 Å². The molecule has 2 aromatic carbocycles. The average molecular weight is 766 g/mol. The molecule has 2 saturated heterocycles. The fourth-order valence-electron chi connectivity index (χ4n) is 6.54. The second-order valence-corrected chi connectivity index (χ2v) is 11.6. The molecule has 2 aliphatic rings. The summed E-state index contributed by atoms with van der Waals surface area (Å²) in [6.45, 7) is 2.58. The molecule has 0 radical (unpaired) electrons. The van der Waals surface area contributed by atoms with Crippen molar-refractivity contribution in [1.82, 2.24) is 24.9 Å². The number of aromatic nitrogens is 2. The first-order valence-corrected chi connectivity index (χ1v) is 14.9. The molecule has 1 atom stereocenters. The molecule has 6 rings (SSSR count). The number of rotatable bonds is 7. The van der Waals surface area contributed by atoms with Crippen LogP contribution in [0.3, 0.4) is 0 Å². The van der Waals surface area contributed by atoms with Gasteiger partial charge in [-0.25, -0.2) is 19.8 Å². The molecular weight excluding hydrogens is 733 g/mol. The molecule has 2 aromatic heterocycles. The Kier molecular flexibility index (Phi) is 13.0. The zero-order valence-corrected chi connectivity index (χ0v) is 28.7. The number of hydrogen-bond acceptors (Lipinski definition) is 7. The summed E-state index contributed by atoms with van der Waals surface area (Å²) < 4.78 is 83.4. The Balaban J connectivity index is 0.00000225. The SMILES string of the molecule is Cl.Cl.Cl.O=C=CN1CCN(N2CCN(c3ccccn3)CC2)CC1(Cc1c[nH]c2ccccc12)C(=O)c1cc(C(F)(F)F)cc(C(F)(F)F)c1. The number of halogens is 9. The first-order valence-electron chi connectivity index (χ1n) is 14.9. The lowest BCUT2D eigenvalue weighted by Gasteiger charge is -2.53. The Labute approximate surface area is 302 Å². The minimum absolute atomic E-state index is 0. The van der Waals surface area contributed by atoms with E-state index >= 15 is 0 Å². The maximum atomic E-state index is 14.7. The van der Waals surface area contributed by atoms with Gasteiger partial charge in [-0.3, -0.25) is 4.79 Å². The fraction of sp³-hybridized carbons (Fsp3) is 0.333. The molecule has 2 fully saturated rings. The number of alkyl halides is 6. The predicted molar refractivity (Wildman–Crippen MR) is 184 cm³/mol. The third-order valence-electron chi connectivity index (χ3n) is 8.86. The van der Waals surface area contributed by atoms with Crippen molar-refractivity contribution in [3.8, 4) is 0 Å². The molecule has 270 valence electrons. The predicted octanol–water partition coefficient (Wildman–Crippen LogP) is 6.73. The van der Waals surface area contributed by atoms with E-state index in [-0.39, 0.29) is 62.8 Å². The van der Waals surface area contributed by atoms with Crippen LogP contribution in [0.2, 0.25) is 0 Å². The lowest BCUT2D eigenvalue weighted by molar-refractivity contribution is -0.143. The molecule has 0 bridgehead atoms. The first-order chi connectivity index (χ1) is 22.4. The number of H-pyrrole nitrogens is 1. The van der Waals surface area contributed by atoms with E-state index in [2.05, 4.69) is 14.9 Å². The van der Waals surface area contributed by atoms with Crippen molar-refractivity contribution in [2.45, 2.75) is 24.3 Å². The highest BCUT2D eigenvalue weighted by Crippen LogP contribution is 2.39. The van der Waals surface area contributed by atoms with Gasteiger partial charge >= 0.3 is 12.4 Å². The lowest BCUT2D eigenvalue weighted by Crippen LogP contribution is -2.69. The lowest BCUT2D eigenvalue weighted by atomic mass is 9.79. The largest absolute Gasteiger partial charge is 0.416 e. The normalized spacial score (nSPS) is 18.8. The maximum absolute atomic E-state index is 14.7. The molecule has 0 saturated carbocycles. The highest BCUT2D eigenvalue weighted by atomic mass is 35.5. The number of carbonyl (C=O) groups is 1. The number of benzene rings is 2. The van der Waals surface area contributed by atoms with Crippen molar-refractivity contribution in [3.63, 3.8) is 0 Å². The summed E-state index contributed by atoms with van der Waals surface area (Å²) in [5, 5.41) is 4.68. The van der Waals surface area contributed by atoms with Crippen molar-refractivity contribution >= 4 is 65.7 Å². The summed E-state index contributed by atoms with van der Waals surface area (Å²) in [5.74, 6) is 1.53. The summed E-state index contributed by atoms with van der Waals surface area (Å²) in [6.07, 6.45) is -6.01. The number of nitrogens with zero attached hydrogens (tertiary/aromatic N) is 5. The van der Waals surface area contributed by atoms with Crippen molar-refractivity contribution in [1.29, 1.82) is 0 Å². The van der Waals surface area contributed by atoms with Crippen LogP contribution in [0.25, 0.3) is 10.9 Å². The molecule has 17 heteroatoms. The number of piperazine rings is 2. The average Bonchev–Trinajstić information content (AvgIpc) is 3.47. The van der Waals surface area contributed by atoms with E-state index in [1.54, 1.807) is 30.5 Å². The van der Waals surface area contributed by atoms with Crippen LogP contribution in [0.5, 0.6) is 0 Å². The minimum atomic E-state index is -5.14. The molecule has 1 N–H and O–H groups in total. The van der Waals surface area contributed by atoms with E-state index in [4.69, 9.17) is 0 Å². The molecule has 8 nitrogen and oxygen atoms in total. The number of nitrogens with one attached hydrogen (secondary N) is 1. The van der Waals surface area contributed by atoms with E-state index < -0.39 is 40.4 Å². The number of Topliss-reactive ketones (excluding diaryl/α,β-unsaturated/α-hetero) is 1. The Bertz CT molecular complexity index is 1780. The molecule has 50 heavy (non-hydrogen) atoms.